The summed E-state index contributed by atoms with van der Waals surface area (Å²) < 4.78 is 39.2. The predicted octanol–water partition coefficient (Wildman–Crippen LogP) is 5.04. The molecule has 9 nitrogen and oxygen atoms in total. The number of likely N-dealkylation sites (tertiary alicyclic amines) is 1. The lowest BCUT2D eigenvalue weighted by Gasteiger charge is -2.45. The number of hydrogen-bond donors (Lipinski definition) is 2. The molecule has 43 heavy (non-hydrogen) atoms. The monoisotopic (exact) mass is 595 g/mol. The van der Waals surface area contributed by atoms with Crippen molar-refractivity contribution in [2.75, 3.05) is 44.6 Å². The summed E-state index contributed by atoms with van der Waals surface area (Å²) in [6, 6.07) is 11.2. The average molecular weight is 596 g/mol. The van der Waals surface area contributed by atoms with Gasteiger partial charge in [0.05, 0.1) is 6.42 Å². The summed E-state index contributed by atoms with van der Waals surface area (Å²) in [5, 5.41) is 11.3. The van der Waals surface area contributed by atoms with Crippen LogP contribution in [0.2, 0.25) is 0 Å². The number of halogens is 3. The summed E-state index contributed by atoms with van der Waals surface area (Å²) in [5.74, 6) is -0.0309. The van der Waals surface area contributed by atoms with Gasteiger partial charge in [0.15, 0.2) is 5.65 Å². The van der Waals surface area contributed by atoms with Crippen LogP contribution in [0.5, 0.6) is 0 Å². The molecule has 12 heteroatoms. The van der Waals surface area contributed by atoms with Crippen LogP contribution >= 0.6 is 0 Å². The third-order valence-corrected chi connectivity index (χ3v) is 8.79. The van der Waals surface area contributed by atoms with Gasteiger partial charge in [-0.2, -0.15) is 18.2 Å². The molecule has 0 radical (unpaired) electrons. The molecule has 1 atom stereocenters. The second-order valence-corrected chi connectivity index (χ2v) is 11.9. The lowest BCUT2D eigenvalue weighted by molar-refractivity contribution is -0.148. The molecule has 6 rings (SSSR count). The molecule has 0 saturated carbocycles. The van der Waals surface area contributed by atoms with E-state index >= 15 is 0 Å². The molecule has 228 valence electrons. The number of nitrogens with one attached hydrogen (secondary N) is 2. The number of aromatic nitrogens is 3. The fourth-order valence-electron chi connectivity index (χ4n) is 6.52. The highest BCUT2D eigenvalue weighted by molar-refractivity contribution is 5.94. The van der Waals surface area contributed by atoms with Gasteiger partial charge in [0, 0.05) is 67.6 Å². The highest BCUT2D eigenvalue weighted by Gasteiger charge is 2.38. The van der Waals surface area contributed by atoms with Crippen molar-refractivity contribution in [1.29, 1.82) is 0 Å². The Bertz CT molecular complexity index is 1500. The van der Waals surface area contributed by atoms with Crippen LogP contribution in [0.3, 0.4) is 0 Å². The van der Waals surface area contributed by atoms with E-state index in [0.717, 1.165) is 55.8 Å². The van der Waals surface area contributed by atoms with Crippen molar-refractivity contribution < 1.29 is 22.8 Å². The van der Waals surface area contributed by atoms with Gasteiger partial charge in [-0.1, -0.05) is 6.08 Å². The number of carbonyl (C=O) groups is 2. The zero-order valence-corrected chi connectivity index (χ0v) is 24.0. The standard InChI is InChI=1S/C31H36F3N7O2/c32-31(33,34)14-9-26(42)39-18-10-22(11-19-39)25-4-1-17-41-27(25)37-29(38-41)36-24-7-5-23(6-8-24)28(43)40-16-3-13-30(21-40)12-2-15-35-20-30/h1,4-8,10,17,35H,2-3,9,11-16,18-21H2,(H,36,38). The fraction of sp³-hybridized carbons (Fsp3) is 0.484. The second kappa shape index (κ2) is 12.0. The molecule has 2 amide bonds. The lowest BCUT2D eigenvalue weighted by atomic mass is 9.74. The molecule has 3 aromatic rings. The summed E-state index contributed by atoms with van der Waals surface area (Å²) in [7, 11) is 0. The van der Waals surface area contributed by atoms with Crippen molar-refractivity contribution in [3.05, 3.63) is 59.8 Å². The van der Waals surface area contributed by atoms with Crippen molar-refractivity contribution in [3.63, 3.8) is 0 Å². The van der Waals surface area contributed by atoms with Gasteiger partial charge in [0.25, 0.3) is 5.91 Å². The van der Waals surface area contributed by atoms with Crippen molar-refractivity contribution >= 4 is 34.7 Å². The SMILES string of the molecule is O=C(CCC(F)(F)F)N1CC=C(c2cccn3nc(Nc4ccc(C(=O)N5CCCC6(CCCNC6)C5)cc4)nc23)CC1. The van der Waals surface area contributed by atoms with E-state index in [4.69, 9.17) is 0 Å². The number of benzene rings is 1. The van der Waals surface area contributed by atoms with Gasteiger partial charge in [-0.3, -0.25) is 9.59 Å². The number of carbonyl (C=O) groups excluding carboxylic acids is 2. The Morgan fingerprint density at radius 3 is 2.58 bits per heavy atom. The Morgan fingerprint density at radius 2 is 1.86 bits per heavy atom. The Kier molecular flexibility index (Phi) is 8.13. The minimum atomic E-state index is -4.34. The quantitative estimate of drug-likeness (QED) is 0.415. The number of fused-ring (bicyclic) bond motifs is 1. The summed E-state index contributed by atoms with van der Waals surface area (Å²) in [6.07, 6.45) is 2.72. The van der Waals surface area contributed by atoms with Crippen LogP contribution in [0.15, 0.2) is 48.7 Å². The maximum absolute atomic E-state index is 13.3. The maximum Gasteiger partial charge on any atom is 0.389 e. The summed E-state index contributed by atoms with van der Waals surface area (Å²) in [6.45, 7) is 4.23. The molecular weight excluding hydrogens is 559 g/mol. The normalized spacial score (nSPS) is 21.2. The van der Waals surface area contributed by atoms with Crippen LogP contribution in [-0.2, 0) is 4.79 Å². The summed E-state index contributed by atoms with van der Waals surface area (Å²) >= 11 is 0. The van der Waals surface area contributed by atoms with Crippen molar-refractivity contribution in [1.82, 2.24) is 29.7 Å². The first-order valence-electron chi connectivity index (χ1n) is 14.9. The number of amides is 2. The molecule has 2 N–H and O–H groups in total. The Hall–Kier alpha value is -3.93. The van der Waals surface area contributed by atoms with Gasteiger partial charge in [0.1, 0.15) is 0 Å². The third kappa shape index (κ3) is 6.69. The first kappa shape index (κ1) is 29.2. The Balaban J connectivity index is 1.10. The minimum Gasteiger partial charge on any atom is -0.339 e. The number of alkyl halides is 3. The van der Waals surface area contributed by atoms with Crippen molar-refractivity contribution in [2.24, 2.45) is 5.41 Å². The van der Waals surface area contributed by atoms with Crippen LogP contribution in [-0.4, -0.2) is 81.7 Å². The van der Waals surface area contributed by atoms with E-state index in [1.807, 2.05) is 47.4 Å². The number of hydrogen-bond acceptors (Lipinski definition) is 6. The zero-order valence-electron chi connectivity index (χ0n) is 24.0. The van der Waals surface area contributed by atoms with E-state index in [1.165, 1.54) is 17.7 Å². The molecule has 0 bridgehead atoms. The van der Waals surface area contributed by atoms with Gasteiger partial charge in [0.2, 0.25) is 11.9 Å². The highest BCUT2D eigenvalue weighted by atomic mass is 19.4. The molecule has 2 aromatic heterocycles. The molecule has 1 aromatic carbocycles. The van der Waals surface area contributed by atoms with Gasteiger partial charge in [-0.05, 0) is 80.6 Å². The fourth-order valence-corrected chi connectivity index (χ4v) is 6.52. The Labute approximate surface area is 248 Å². The maximum atomic E-state index is 13.3. The zero-order chi connectivity index (χ0) is 30.0. The molecule has 0 aliphatic carbocycles. The van der Waals surface area contributed by atoms with Gasteiger partial charge < -0.3 is 20.4 Å². The van der Waals surface area contributed by atoms with Crippen LogP contribution in [0, 0.1) is 5.41 Å². The van der Waals surface area contributed by atoms with E-state index < -0.39 is 24.9 Å². The second-order valence-electron chi connectivity index (χ2n) is 11.9. The molecule has 3 aliphatic rings. The number of nitrogens with zero attached hydrogens (tertiary/aromatic N) is 5. The Morgan fingerprint density at radius 1 is 1.05 bits per heavy atom. The third-order valence-electron chi connectivity index (χ3n) is 8.79. The van der Waals surface area contributed by atoms with Crippen molar-refractivity contribution in [3.8, 4) is 0 Å². The molecule has 5 heterocycles. The summed E-state index contributed by atoms with van der Waals surface area (Å²) in [5.41, 5.74) is 4.07. The van der Waals surface area contributed by atoms with Gasteiger partial charge >= 0.3 is 6.18 Å². The van der Waals surface area contributed by atoms with Crippen LogP contribution in [0.4, 0.5) is 24.8 Å². The minimum absolute atomic E-state index is 0.0630. The molecule has 1 unspecified atom stereocenters. The first-order valence-corrected chi connectivity index (χ1v) is 14.9. The first-order chi connectivity index (χ1) is 20.7. The van der Waals surface area contributed by atoms with E-state index in [0.29, 0.717) is 30.1 Å². The van der Waals surface area contributed by atoms with Crippen LogP contribution in [0.25, 0.3) is 11.2 Å². The molecule has 2 saturated heterocycles. The van der Waals surface area contributed by atoms with E-state index in [-0.39, 0.29) is 17.9 Å². The largest absolute Gasteiger partial charge is 0.389 e. The number of anilines is 2. The molecule has 1 spiro atoms. The van der Waals surface area contributed by atoms with Crippen molar-refractivity contribution in [2.45, 2.75) is 51.1 Å². The highest BCUT2D eigenvalue weighted by Crippen LogP contribution is 2.36. The number of piperidine rings is 2. The van der Waals surface area contributed by atoms with Crippen LogP contribution in [0.1, 0.15) is 60.9 Å². The average Bonchev–Trinajstić information content (AvgIpc) is 3.43. The van der Waals surface area contributed by atoms with Gasteiger partial charge in [-0.15, -0.1) is 5.10 Å². The lowest BCUT2D eigenvalue weighted by Crippen LogP contribution is -2.52. The number of pyridine rings is 1. The summed E-state index contributed by atoms with van der Waals surface area (Å²) in [4.78, 5) is 33.7. The molecular formula is C31H36F3N7O2. The van der Waals surface area contributed by atoms with Crippen LogP contribution < -0.4 is 10.6 Å². The topological polar surface area (TPSA) is 94.9 Å². The molecule has 2 fully saturated rings. The predicted molar refractivity (Wildman–Crippen MR) is 157 cm³/mol. The molecule has 3 aliphatic heterocycles. The van der Waals surface area contributed by atoms with E-state index in [9.17, 15) is 22.8 Å². The van der Waals surface area contributed by atoms with E-state index in [2.05, 4.69) is 20.7 Å². The van der Waals surface area contributed by atoms with Gasteiger partial charge in [-0.25, -0.2) is 4.52 Å². The smallest absolute Gasteiger partial charge is 0.339 e. The number of rotatable bonds is 6. The van der Waals surface area contributed by atoms with E-state index in [1.54, 1.807) is 10.7 Å².